The van der Waals surface area contributed by atoms with Crippen LogP contribution in [0.4, 0.5) is 0 Å². The lowest BCUT2D eigenvalue weighted by atomic mass is 10.3. The molecule has 0 radical (unpaired) electrons. The minimum Gasteiger partial charge on any atom is -0.505 e. The van der Waals surface area contributed by atoms with Crippen LogP contribution in [0.3, 0.4) is 0 Å². The summed E-state index contributed by atoms with van der Waals surface area (Å²) >= 11 is 5.56. The number of rotatable bonds is 0. The average molecular weight is 212 g/mol. The third-order valence-corrected chi connectivity index (χ3v) is 2.12. The molecule has 2 aromatic rings. The van der Waals surface area contributed by atoms with Crippen LogP contribution < -0.4 is 5.56 Å². The molecule has 0 amide bonds. The third-order valence-electron chi connectivity index (χ3n) is 1.93. The van der Waals surface area contributed by atoms with Gasteiger partial charge in [0.2, 0.25) is 5.28 Å². The van der Waals surface area contributed by atoms with Crippen molar-refractivity contribution >= 4 is 22.6 Å². The summed E-state index contributed by atoms with van der Waals surface area (Å²) in [7, 11) is 1.57. The fourth-order valence-electron chi connectivity index (χ4n) is 1.19. The van der Waals surface area contributed by atoms with Crippen molar-refractivity contribution in [1.82, 2.24) is 14.5 Å². The van der Waals surface area contributed by atoms with E-state index >= 15 is 0 Å². The maximum absolute atomic E-state index is 11.3. The zero-order chi connectivity index (χ0) is 10.3. The van der Waals surface area contributed by atoms with Crippen LogP contribution in [0.1, 0.15) is 0 Å². The van der Waals surface area contributed by atoms with Gasteiger partial charge in [-0.1, -0.05) is 0 Å². The minimum atomic E-state index is -0.319. The molecule has 0 saturated carbocycles. The van der Waals surface area contributed by atoms with Crippen LogP contribution in [0.15, 0.2) is 17.1 Å². The Bertz CT molecular complexity index is 564. The zero-order valence-corrected chi connectivity index (χ0v) is 7.99. The summed E-state index contributed by atoms with van der Waals surface area (Å²) in [5.74, 6) is -0.188. The highest BCUT2D eigenvalue weighted by Gasteiger charge is 2.07. The lowest BCUT2D eigenvalue weighted by Gasteiger charge is -2.04. The summed E-state index contributed by atoms with van der Waals surface area (Å²) in [6.45, 7) is 0. The first kappa shape index (κ1) is 8.96. The van der Waals surface area contributed by atoms with Gasteiger partial charge in [-0.2, -0.15) is 0 Å². The molecule has 0 saturated heterocycles. The van der Waals surface area contributed by atoms with Crippen molar-refractivity contribution in [2.45, 2.75) is 0 Å². The highest BCUT2D eigenvalue weighted by atomic mass is 35.5. The van der Waals surface area contributed by atoms with Gasteiger partial charge >= 0.3 is 0 Å². The van der Waals surface area contributed by atoms with Crippen molar-refractivity contribution in [2.24, 2.45) is 7.05 Å². The third kappa shape index (κ3) is 1.22. The first-order valence-electron chi connectivity index (χ1n) is 3.81. The molecule has 0 fully saturated rings. The Morgan fingerprint density at radius 3 is 3.00 bits per heavy atom. The number of nitrogens with zero attached hydrogens (tertiary/aromatic N) is 3. The summed E-state index contributed by atoms with van der Waals surface area (Å²) in [4.78, 5) is 18.8. The summed E-state index contributed by atoms with van der Waals surface area (Å²) in [6, 6.07) is 1.09. The molecule has 0 atom stereocenters. The van der Waals surface area contributed by atoms with Crippen LogP contribution >= 0.6 is 11.6 Å². The van der Waals surface area contributed by atoms with Gasteiger partial charge in [-0.3, -0.25) is 4.79 Å². The van der Waals surface area contributed by atoms with Gasteiger partial charge in [-0.05, 0) is 11.6 Å². The van der Waals surface area contributed by atoms with Gasteiger partial charge < -0.3 is 9.67 Å². The Hall–Kier alpha value is -1.62. The number of aryl methyl sites for hydroxylation is 1. The Kier molecular flexibility index (Phi) is 1.89. The molecule has 72 valence electrons. The Morgan fingerprint density at radius 1 is 1.57 bits per heavy atom. The molecule has 0 unspecified atom stereocenters. The fraction of sp³-hybridized carbons (Fsp3) is 0.125. The van der Waals surface area contributed by atoms with E-state index in [0.717, 1.165) is 6.07 Å². The number of pyridine rings is 1. The second-order valence-electron chi connectivity index (χ2n) is 2.80. The number of fused-ring (bicyclic) bond motifs is 1. The van der Waals surface area contributed by atoms with Crippen molar-refractivity contribution in [1.29, 1.82) is 0 Å². The summed E-state index contributed by atoms with van der Waals surface area (Å²) in [6.07, 6.45) is 1.39. The van der Waals surface area contributed by atoms with E-state index in [4.69, 9.17) is 11.6 Å². The zero-order valence-electron chi connectivity index (χ0n) is 7.23. The first-order valence-corrected chi connectivity index (χ1v) is 4.18. The summed E-state index contributed by atoms with van der Waals surface area (Å²) in [5.41, 5.74) is 0.396. The number of aromatic nitrogens is 3. The van der Waals surface area contributed by atoms with E-state index in [0.29, 0.717) is 5.52 Å². The van der Waals surface area contributed by atoms with Gasteiger partial charge in [-0.25, -0.2) is 9.97 Å². The molecule has 2 aromatic heterocycles. The number of hydrogen-bond acceptors (Lipinski definition) is 4. The molecule has 6 heteroatoms. The molecule has 0 bridgehead atoms. The first-order chi connectivity index (χ1) is 6.59. The van der Waals surface area contributed by atoms with Gasteiger partial charge in [0, 0.05) is 13.1 Å². The quantitative estimate of drug-likeness (QED) is 0.651. The van der Waals surface area contributed by atoms with E-state index in [-0.39, 0.29) is 22.1 Å². The highest BCUT2D eigenvalue weighted by molar-refractivity contribution is 6.28. The van der Waals surface area contributed by atoms with Crippen molar-refractivity contribution in [3.05, 3.63) is 27.9 Å². The van der Waals surface area contributed by atoms with E-state index in [9.17, 15) is 9.90 Å². The second kappa shape index (κ2) is 2.95. The summed E-state index contributed by atoms with van der Waals surface area (Å²) < 4.78 is 1.34. The molecular formula is C8H6ClN3O2. The molecule has 0 spiro atoms. The van der Waals surface area contributed by atoms with Gasteiger partial charge in [0.05, 0.1) is 11.7 Å². The number of hydrogen-bond donors (Lipinski definition) is 1. The smallest absolute Gasteiger partial charge is 0.254 e. The number of halogens is 1. The molecule has 0 aliphatic carbocycles. The molecule has 5 nitrogen and oxygen atoms in total. The van der Waals surface area contributed by atoms with E-state index in [1.165, 1.54) is 10.8 Å². The summed E-state index contributed by atoms with van der Waals surface area (Å²) in [5, 5.41) is 9.47. The molecule has 1 N–H and O–H groups in total. The number of aromatic hydroxyl groups is 1. The van der Waals surface area contributed by atoms with Gasteiger partial charge in [0.25, 0.3) is 5.56 Å². The average Bonchev–Trinajstić information content (AvgIpc) is 2.14. The highest BCUT2D eigenvalue weighted by Crippen LogP contribution is 2.19. The minimum absolute atomic E-state index is 0.0337. The van der Waals surface area contributed by atoms with Crippen LogP contribution in [0.25, 0.3) is 11.0 Å². The molecule has 14 heavy (non-hydrogen) atoms. The van der Waals surface area contributed by atoms with Crippen LogP contribution in [0.2, 0.25) is 5.28 Å². The van der Waals surface area contributed by atoms with E-state index in [2.05, 4.69) is 9.97 Å². The van der Waals surface area contributed by atoms with Gasteiger partial charge in [0.1, 0.15) is 11.3 Å². The van der Waals surface area contributed by atoms with Crippen LogP contribution in [0, 0.1) is 0 Å². The second-order valence-corrected chi connectivity index (χ2v) is 3.14. The van der Waals surface area contributed by atoms with E-state index in [1.807, 2.05) is 0 Å². The van der Waals surface area contributed by atoms with Crippen LogP contribution in [-0.2, 0) is 7.05 Å². The monoisotopic (exact) mass is 211 g/mol. The van der Waals surface area contributed by atoms with Gasteiger partial charge in [-0.15, -0.1) is 0 Å². The van der Waals surface area contributed by atoms with Gasteiger partial charge in [0.15, 0.2) is 0 Å². The predicted octanol–water partition coefficient (Wildman–Crippen LogP) is 0.687. The van der Waals surface area contributed by atoms with Crippen molar-refractivity contribution < 1.29 is 5.11 Å². The van der Waals surface area contributed by atoms with Crippen molar-refractivity contribution in [2.75, 3.05) is 0 Å². The molecule has 2 heterocycles. The van der Waals surface area contributed by atoms with Crippen molar-refractivity contribution in [3.8, 4) is 5.75 Å². The molecular weight excluding hydrogens is 206 g/mol. The SMILES string of the molecule is Cn1c(=O)cc(O)c2nc(Cl)ncc21. The molecule has 2 rings (SSSR count). The predicted molar refractivity (Wildman–Crippen MR) is 51.5 cm³/mol. The molecule has 0 aromatic carbocycles. The standard InChI is InChI=1S/C8H6ClN3O2/c1-12-4-3-10-8(9)11-7(4)5(13)2-6(12)14/h2-3,13H,1H3. The topological polar surface area (TPSA) is 68.0 Å². The molecule has 0 aliphatic heterocycles. The Morgan fingerprint density at radius 2 is 2.29 bits per heavy atom. The van der Waals surface area contributed by atoms with Crippen LogP contribution in [0.5, 0.6) is 5.75 Å². The lowest BCUT2D eigenvalue weighted by molar-refractivity contribution is 0.478. The van der Waals surface area contributed by atoms with E-state index in [1.54, 1.807) is 7.05 Å². The van der Waals surface area contributed by atoms with E-state index < -0.39 is 0 Å². The normalized spacial score (nSPS) is 10.7. The maximum atomic E-state index is 11.3. The largest absolute Gasteiger partial charge is 0.505 e. The molecule has 0 aliphatic rings. The Balaban J connectivity index is 3.02. The fourth-order valence-corrected chi connectivity index (χ4v) is 1.32. The Labute approximate surface area is 83.6 Å². The maximum Gasteiger partial charge on any atom is 0.254 e. The lowest BCUT2D eigenvalue weighted by Crippen LogP contribution is -2.15. The van der Waals surface area contributed by atoms with Crippen LogP contribution in [-0.4, -0.2) is 19.6 Å². The van der Waals surface area contributed by atoms with Crippen molar-refractivity contribution in [3.63, 3.8) is 0 Å².